The number of sulfonamides is 1. The SMILES string of the molecule is O=C(Nc1ccn(Cc2ccncc2)n1)C1CCCN1S(=O)(=O)c1cccs1. The molecule has 4 rings (SSSR count). The Morgan fingerprint density at radius 2 is 2.07 bits per heavy atom. The summed E-state index contributed by atoms with van der Waals surface area (Å²) in [6, 6.07) is 8.02. The van der Waals surface area contributed by atoms with E-state index in [2.05, 4.69) is 15.4 Å². The summed E-state index contributed by atoms with van der Waals surface area (Å²) in [5, 5.41) is 8.82. The van der Waals surface area contributed by atoms with Crippen molar-refractivity contribution in [1.29, 1.82) is 0 Å². The largest absolute Gasteiger partial charge is 0.308 e. The molecule has 1 amide bonds. The van der Waals surface area contributed by atoms with E-state index in [1.807, 2.05) is 12.1 Å². The molecule has 0 bridgehead atoms. The Morgan fingerprint density at radius 1 is 1.25 bits per heavy atom. The van der Waals surface area contributed by atoms with Gasteiger partial charge in [-0.15, -0.1) is 11.3 Å². The number of hydrogen-bond donors (Lipinski definition) is 1. The van der Waals surface area contributed by atoms with Crippen LogP contribution in [0.2, 0.25) is 0 Å². The van der Waals surface area contributed by atoms with E-state index in [1.54, 1.807) is 46.9 Å². The molecule has 1 saturated heterocycles. The van der Waals surface area contributed by atoms with Crippen molar-refractivity contribution in [1.82, 2.24) is 19.1 Å². The second kappa shape index (κ2) is 7.82. The summed E-state index contributed by atoms with van der Waals surface area (Å²) in [5.74, 6) is 0.0474. The Hall–Kier alpha value is -2.56. The number of pyridine rings is 1. The predicted octanol–water partition coefficient (Wildman–Crippen LogP) is 2.18. The fraction of sp³-hybridized carbons (Fsp3) is 0.278. The Balaban J connectivity index is 1.45. The summed E-state index contributed by atoms with van der Waals surface area (Å²) < 4.78 is 28.9. The maximum Gasteiger partial charge on any atom is 0.253 e. The van der Waals surface area contributed by atoms with Crippen molar-refractivity contribution in [2.24, 2.45) is 0 Å². The van der Waals surface area contributed by atoms with E-state index < -0.39 is 16.1 Å². The molecular formula is C18H19N5O3S2. The van der Waals surface area contributed by atoms with Gasteiger partial charge < -0.3 is 5.32 Å². The normalized spacial score (nSPS) is 17.6. The van der Waals surface area contributed by atoms with E-state index in [0.29, 0.717) is 31.7 Å². The van der Waals surface area contributed by atoms with E-state index in [0.717, 1.165) is 16.9 Å². The molecule has 0 radical (unpaired) electrons. The zero-order valence-electron chi connectivity index (χ0n) is 14.9. The molecule has 0 saturated carbocycles. The molecule has 1 aliphatic rings. The lowest BCUT2D eigenvalue weighted by atomic mass is 10.2. The zero-order valence-corrected chi connectivity index (χ0v) is 16.6. The summed E-state index contributed by atoms with van der Waals surface area (Å²) in [6.45, 7) is 0.898. The number of hydrogen-bond acceptors (Lipinski definition) is 6. The number of anilines is 1. The smallest absolute Gasteiger partial charge is 0.253 e. The lowest BCUT2D eigenvalue weighted by Crippen LogP contribution is -2.42. The number of carbonyl (C=O) groups excluding carboxylic acids is 1. The number of carbonyl (C=O) groups is 1. The van der Waals surface area contributed by atoms with E-state index in [4.69, 9.17) is 0 Å². The van der Waals surface area contributed by atoms with Gasteiger partial charge in [-0.05, 0) is 42.0 Å². The highest BCUT2D eigenvalue weighted by Gasteiger charge is 2.40. The first-order valence-electron chi connectivity index (χ1n) is 8.82. The molecule has 1 unspecified atom stereocenters. The monoisotopic (exact) mass is 417 g/mol. The van der Waals surface area contributed by atoms with Crippen molar-refractivity contribution < 1.29 is 13.2 Å². The van der Waals surface area contributed by atoms with E-state index in [-0.39, 0.29) is 10.1 Å². The van der Waals surface area contributed by atoms with Gasteiger partial charge in [-0.3, -0.25) is 14.5 Å². The van der Waals surface area contributed by atoms with Crippen LogP contribution in [0, 0.1) is 0 Å². The molecule has 4 heterocycles. The molecule has 28 heavy (non-hydrogen) atoms. The maximum atomic E-state index is 12.8. The molecule has 1 atom stereocenters. The second-order valence-corrected chi connectivity index (χ2v) is 9.51. The quantitative estimate of drug-likeness (QED) is 0.663. The van der Waals surface area contributed by atoms with Crippen molar-refractivity contribution in [2.75, 3.05) is 11.9 Å². The zero-order chi connectivity index (χ0) is 19.6. The topological polar surface area (TPSA) is 97.2 Å². The molecule has 1 aliphatic heterocycles. The Labute approximate surface area is 166 Å². The van der Waals surface area contributed by atoms with Crippen LogP contribution in [0.4, 0.5) is 5.82 Å². The van der Waals surface area contributed by atoms with Gasteiger partial charge >= 0.3 is 0 Å². The van der Waals surface area contributed by atoms with Crippen LogP contribution in [0.3, 0.4) is 0 Å². The van der Waals surface area contributed by atoms with Crippen LogP contribution < -0.4 is 5.32 Å². The van der Waals surface area contributed by atoms with Gasteiger partial charge in [0, 0.05) is 31.2 Å². The average Bonchev–Trinajstić information content (AvgIpc) is 3.44. The fourth-order valence-corrected chi connectivity index (χ4v) is 5.99. The third kappa shape index (κ3) is 3.84. The van der Waals surface area contributed by atoms with Crippen molar-refractivity contribution in [2.45, 2.75) is 29.6 Å². The van der Waals surface area contributed by atoms with Gasteiger partial charge in [0.2, 0.25) is 5.91 Å². The van der Waals surface area contributed by atoms with Crippen molar-refractivity contribution in [3.63, 3.8) is 0 Å². The highest BCUT2D eigenvalue weighted by Crippen LogP contribution is 2.29. The highest BCUT2D eigenvalue weighted by atomic mass is 32.2. The minimum absolute atomic E-state index is 0.258. The van der Waals surface area contributed by atoms with E-state index >= 15 is 0 Å². The lowest BCUT2D eigenvalue weighted by Gasteiger charge is -2.22. The van der Waals surface area contributed by atoms with Crippen LogP contribution in [-0.4, -0.2) is 46.0 Å². The van der Waals surface area contributed by atoms with E-state index in [1.165, 1.54) is 4.31 Å². The minimum Gasteiger partial charge on any atom is -0.308 e. The molecule has 146 valence electrons. The Kier molecular flexibility index (Phi) is 5.25. The number of thiophene rings is 1. The van der Waals surface area contributed by atoms with Gasteiger partial charge in [-0.25, -0.2) is 8.42 Å². The molecule has 8 nitrogen and oxygen atoms in total. The number of nitrogens with one attached hydrogen (secondary N) is 1. The molecule has 1 N–H and O–H groups in total. The molecule has 3 aromatic rings. The van der Waals surface area contributed by atoms with Crippen molar-refractivity contribution in [3.8, 4) is 0 Å². The molecule has 10 heteroatoms. The van der Waals surface area contributed by atoms with Crippen LogP contribution in [0.25, 0.3) is 0 Å². The maximum absolute atomic E-state index is 12.8. The summed E-state index contributed by atoms with van der Waals surface area (Å²) >= 11 is 1.16. The first kappa shape index (κ1) is 18.8. The van der Waals surface area contributed by atoms with Gasteiger partial charge in [-0.2, -0.15) is 9.40 Å². The number of aromatic nitrogens is 3. The molecule has 1 fully saturated rings. The summed E-state index contributed by atoms with van der Waals surface area (Å²) in [6.07, 6.45) is 6.34. The highest BCUT2D eigenvalue weighted by molar-refractivity contribution is 7.91. The average molecular weight is 418 g/mol. The molecule has 0 aliphatic carbocycles. The second-order valence-electron chi connectivity index (χ2n) is 6.45. The summed E-state index contributed by atoms with van der Waals surface area (Å²) in [5.41, 5.74) is 1.04. The van der Waals surface area contributed by atoms with Gasteiger partial charge in [0.25, 0.3) is 10.0 Å². The minimum atomic E-state index is -3.66. The van der Waals surface area contributed by atoms with Gasteiger partial charge in [0.15, 0.2) is 5.82 Å². The molecule has 0 aromatic carbocycles. The third-order valence-corrected chi connectivity index (χ3v) is 7.83. The van der Waals surface area contributed by atoms with E-state index in [9.17, 15) is 13.2 Å². The van der Waals surface area contributed by atoms with Gasteiger partial charge in [0.05, 0.1) is 6.54 Å². The van der Waals surface area contributed by atoms with Crippen LogP contribution in [0.15, 0.2) is 58.5 Å². The molecule has 3 aromatic heterocycles. The molecular weight excluding hydrogens is 398 g/mol. The first-order chi connectivity index (χ1) is 13.5. The van der Waals surface area contributed by atoms with Gasteiger partial charge in [-0.1, -0.05) is 6.07 Å². The van der Waals surface area contributed by atoms with Crippen LogP contribution in [0.5, 0.6) is 0 Å². The summed E-state index contributed by atoms with van der Waals surface area (Å²) in [7, 11) is -3.66. The van der Waals surface area contributed by atoms with Crippen molar-refractivity contribution >= 4 is 33.1 Å². The van der Waals surface area contributed by atoms with Gasteiger partial charge in [0.1, 0.15) is 10.3 Å². The number of amides is 1. The lowest BCUT2D eigenvalue weighted by molar-refractivity contribution is -0.119. The number of rotatable bonds is 6. The standard InChI is InChI=1S/C18H19N5O3S2/c24-18(15-3-1-10-23(15)28(25,26)17-4-2-12-27-17)20-16-7-11-22(21-16)13-14-5-8-19-9-6-14/h2,4-9,11-12,15H,1,3,10,13H2,(H,20,21,24). The predicted molar refractivity (Wildman–Crippen MR) is 105 cm³/mol. The summed E-state index contributed by atoms with van der Waals surface area (Å²) in [4.78, 5) is 16.7. The third-order valence-electron chi connectivity index (χ3n) is 4.55. The Morgan fingerprint density at radius 3 is 2.82 bits per heavy atom. The Bertz CT molecular complexity index is 1050. The number of nitrogens with zero attached hydrogens (tertiary/aromatic N) is 4. The first-order valence-corrected chi connectivity index (χ1v) is 11.1. The van der Waals surface area contributed by atoms with Crippen LogP contribution in [0.1, 0.15) is 18.4 Å². The van der Waals surface area contributed by atoms with Crippen LogP contribution in [-0.2, 0) is 21.4 Å². The van der Waals surface area contributed by atoms with Crippen molar-refractivity contribution in [3.05, 3.63) is 59.9 Å². The molecule has 0 spiro atoms. The van der Waals surface area contributed by atoms with Crippen LogP contribution >= 0.6 is 11.3 Å². The fourth-order valence-electron chi connectivity index (χ4n) is 3.22.